The van der Waals surface area contributed by atoms with E-state index >= 15 is 0 Å². The highest BCUT2D eigenvalue weighted by Crippen LogP contribution is 2.11. The number of aromatic nitrogens is 1. The molecule has 1 heterocycles. The molecule has 0 aromatic carbocycles. The molecular weight excluding hydrogens is 216 g/mol. The molecule has 4 nitrogen and oxygen atoms in total. The fourth-order valence-corrected chi connectivity index (χ4v) is 1.80. The summed E-state index contributed by atoms with van der Waals surface area (Å²) in [4.78, 5) is 27.4. The van der Waals surface area contributed by atoms with Crippen LogP contribution in [0.3, 0.4) is 0 Å². The van der Waals surface area contributed by atoms with Crippen molar-refractivity contribution in [2.75, 3.05) is 7.05 Å². The summed E-state index contributed by atoms with van der Waals surface area (Å²) in [5, 5.41) is 0. The summed E-state index contributed by atoms with van der Waals surface area (Å²) in [6.45, 7) is 6.26. The summed E-state index contributed by atoms with van der Waals surface area (Å²) in [6.07, 6.45) is 0.944. The van der Waals surface area contributed by atoms with Crippen molar-refractivity contribution in [2.45, 2.75) is 33.2 Å². The van der Waals surface area contributed by atoms with Gasteiger partial charge in [0.15, 0.2) is 0 Å². The molecule has 1 N–H and O–H groups in total. The van der Waals surface area contributed by atoms with Crippen LogP contribution < -0.4 is 5.56 Å². The zero-order valence-corrected chi connectivity index (χ0v) is 10.9. The molecule has 0 saturated carbocycles. The molecule has 1 aromatic heterocycles. The molecule has 1 atom stereocenters. The van der Waals surface area contributed by atoms with E-state index in [0.29, 0.717) is 11.6 Å². The minimum absolute atomic E-state index is 0.143. The van der Waals surface area contributed by atoms with Gasteiger partial charge in [0.1, 0.15) is 5.69 Å². The summed E-state index contributed by atoms with van der Waals surface area (Å²) in [5.41, 5.74) is 0.0939. The molecule has 0 aliphatic heterocycles. The normalized spacial score (nSPS) is 12.5. The predicted octanol–water partition coefficient (Wildman–Crippen LogP) is 1.88. The number of nitrogens with zero attached hydrogens (tertiary/aromatic N) is 1. The lowest BCUT2D eigenvalue weighted by Crippen LogP contribution is -2.36. The molecular formula is C13H20N2O2. The van der Waals surface area contributed by atoms with Crippen molar-refractivity contribution in [1.29, 1.82) is 0 Å². The van der Waals surface area contributed by atoms with E-state index in [2.05, 4.69) is 18.8 Å². The first kappa shape index (κ1) is 13.5. The van der Waals surface area contributed by atoms with Gasteiger partial charge in [-0.25, -0.2) is 0 Å². The van der Waals surface area contributed by atoms with E-state index in [1.54, 1.807) is 24.1 Å². The van der Waals surface area contributed by atoms with E-state index in [4.69, 9.17) is 0 Å². The summed E-state index contributed by atoms with van der Waals surface area (Å²) >= 11 is 0. The molecule has 4 heteroatoms. The van der Waals surface area contributed by atoms with Gasteiger partial charge in [0.25, 0.3) is 5.91 Å². The number of nitrogens with one attached hydrogen (secondary N) is 1. The second kappa shape index (κ2) is 5.66. The first-order valence-electron chi connectivity index (χ1n) is 5.88. The number of pyridine rings is 1. The Hall–Kier alpha value is -1.58. The molecule has 1 amide bonds. The van der Waals surface area contributed by atoms with Crippen LogP contribution in [0.1, 0.15) is 37.7 Å². The molecule has 0 aliphatic rings. The summed E-state index contributed by atoms with van der Waals surface area (Å²) in [7, 11) is 1.76. The molecule has 1 unspecified atom stereocenters. The standard InChI is InChI=1S/C13H20N2O2/c1-9(2)8-10(3)15(4)13(17)11-6-5-7-12(16)14-11/h5-7,9-10H,8H2,1-4H3,(H,14,16). The minimum Gasteiger partial charge on any atom is -0.338 e. The lowest BCUT2D eigenvalue weighted by molar-refractivity contribution is 0.0722. The van der Waals surface area contributed by atoms with Crippen LogP contribution in [0.2, 0.25) is 0 Å². The smallest absolute Gasteiger partial charge is 0.270 e. The number of hydrogen-bond donors (Lipinski definition) is 1. The van der Waals surface area contributed by atoms with Crippen LogP contribution in [0.25, 0.3) is 0 Å². The molecule has 0 bridgehead atoms. The lowest BCUT2D eigenvalue weighted by Gasteiger charge is -2.26. The largest absolute Gasteiger partial charge is 0.338 e. The van der Waals surface area contributed by atoms with Gasteiger partial charge in [0.2, 0.25) is 5.56 Å². The zero-order chi connectivity index (χ0) is 13.0. The summed E-state index contributed by atoms with van der Waals surface area (Å²) < 4.78 is 0. The Morgan fingerprint density at radius 1 is 1.35 bits per heavy atom. The Labute approximate surface area is 102 Å². The van der Waals surface area contributed by atoms with E-state index in [9.17, 15) is 9.59 Å². The second-order valence-electron chi connectivity index (χ2n) is 4.82. The van der Waals surface area contributed by atoms with Crippen LogP contribution in [0, 0.1) is 5.92 Å². The molecule has 17 heavy (non-hydrogen) atoms. The number of carbonyl (C=O) groups is 1. The fourth-order valence-electron chi connectivity index (χ4n) is 1.80. The van der Waals surface area contributed by atoms with Gasteiger partial charge in [0.05, 0.1) is 0 Å². The van der Waals surface area contributed by atoms with Gasteiger partial charge in [-0.15, -0.1) is 0 Å². The van der Waals surface area contributed by atoms with Crippen molar-refractivity contribution in [3.05, 3.63) is 34.2 Å². The van der Waals surface area contributed by atoms with Gasteiger partial charge < -0.3 is 9.88 Å². The van der Waals surface area contributed by atoms with Crippen molar-refractivity contribution in [2.24, 2.45) is 5.92 Å². The van der Waals surface area contributed by atoms with E-state index in [-0.39, 0.29) is 17.5 Å². The van der Waals surface area contributed by atoms with Gasteiger partial charge in [-0.05, 0) is 25.3 Å². The number of hydrogen-bond acceptors (Lipinski definition) is 2. The Morgan fingerprint density at radius 3 is 2.53 bits per heavy atom. The maximum atomic E-state index is 12.1. The maximum Gasteiger partial charge on any atom is 0.270 e. The van der Waals surface area contributed by atoms with Crippen LogP contribution in [0.5, 0.6) is 0 Å². The second-order valence-corrected chi connectivity index (χ2v) is 4.82. The highest BCUT2D eigenvalue weighted by Gasteiger charge is 2.18. The third-order valence-corrected chi connectivity index (χ3v) is 2.79. The molecule has 0 radical (unpaired) electrons. The molecule has 94 valence electrons. The Bertz CT molecular complexity index is 437. The van der Waals surface area contributed by atoms with Crippen molar-refractivity contribution >= 4 is 5.91 Å². The number of rotatable bonds is 4. The Morgan fingerprint density at radius 2 is 2.00 bits per heavy atom. The summed E-state index contributed by atoms with van der Waals surface area (Å²) in [6, 6.07) is 4.77. The minimum atomic E-state index is -0.249. The third kappa shape index (κ3) is 3.73. The average Bonchev–Trinajstić information content (AvgIpc) is 2.26. The van der Waals surface area contributed by atoms with E-state index in [0.717, 1.165) is 6.42 Å². The maximum absolute atomic E-state index is 12.1. The van der Waals surface area contributed by atoms with Gasteiger partial charge in [-0.1, -0.05) is 19.9 Å². The van der Waals surface area contributed by atoms with Gasteiger partial charge >= 0.3 is 0 Å². The Kier molecular flexibility index (Phi) is 4.49. The van der Waals surface area contributed by atoms with E-state index in [1.807, 2.05) is 6.92 Å². The predicted molar refractivity (Wildman–Crippen MR) is 68.1 cm³/mol. The van der Waals surface area contributed by atoms with E-state index in [1.165, 1.54) is 6.07 Å². The number of H-pyrrole nitrogens is 1. The van der Waals surface area contributed by atoms with Crippen molar-refractivity contribution in [1.82, 2.24) is 9.88 Å². The molecule has 1 aromatic rings. The third-order valence-electron chi connectivity index (χ3n) is 2.79. The van der Waals surface area contributed by atoms with Crippen LogP contribution in [-0.4, -0.2) is 28.9 Å². The fraction of sp³-hybridized carbons (Fsp3) is 0.538. The number of aromatic amines is 1. The monoisotopic (exact) mass is 236 g/mol. The quantitative estimate of drug-likeness (QED) is 0.867. The molecule has 0 saturated heterocycles. The van der Waals surface area contributed by atoms with Crippen LogP contribution in [0.15, 0.2) is 23.0 Å². The first-order valence-corrected chi connectivity index (χ1v) is 5.88. The van der Waals surface area contributed by atoms with Gasteiger partial charge in [-0.2, -0.15) is 0 Å². The van der Waals surface area contributed by atoms with Crippen LogP contribution >= 0.6 is 0 Å². The highest BCUT2D eigenvalue weighted by atomic mass is 16.2. The number of amides is 1. The highest BCUT2D eigenvalue weighted by molar-refractivity contribution is 5.92. The molecule has 0 spiro atoms. The van der Waals surface area contributed by atoms with Crippen molar-refractivity contribution in [3.63, 3.8) is 0 Å². The molecule has 0 fully saturated rings. The van der Waals surface area contributed by atoms with E-state index < -0.39 is 0 Å². The molecule has 0 aliphatic carbocycles. The average molecular weight is 236 g/mol. The van der Waals surface area contributed by atoms with Crippen LogP contribution in [0.4, 0.5) is 0 Å². The van der Waals surface area contributed by atoms with Crippen molar-refractivity contribution < 1.29 is 4.79 Å². The SMILES string of the molecule is CC(C)CC(C)N(C)C(=O)c1cccc(=O)[nH]1. The van der Waals surface area contributed by atoms with Crippen LogP contribution in [-0.2, 0) is 0 Å². The first-order chi connectivity index (χ1) is 7.91. The molecule has 1 rings (SSSR count). The number of carbonyl (C=O) groups excluding carboxylic acids is 1. The van der Waals surface area contributed by atoms with Gasteiger partial charge in [0, 0.05) is 19.2 Å². The zero-order valence-electron chi connectivity index (χ0n) is 10.9. The van der Waals surface area contributed by atoms with Gasteiger partial charge in [-0.3, -0.25) is 9.59 Å². The lowest BCUT2D eigenvalue weighted by atomic mass is 10.0. The summed E-state index contributed by atoms with van der Waals surface area (Å²) in [5.74, 6) is 0.394. The topological polar surface area (TPSA) is 53.2 Å². The van der Waals surface area contributed by atoms with Crippen molar-refractivity contribution in [3.8, 4) is 0 Å². The Balaban J connectivity index is 2.79.